The van der Waals surface area contributed by atoms with Gasteiger partial charge < -0.3 is 19.5 Å². The molecule has 0 amide bonds. The summed E-state index contributed by atoms with van der Waals surface area (Å²) in [7, 11) is 0. The Morgan fingerprint density at radius 2 is 1.77 bits per heavy atom. The first kappa shape index (κ1) is 22.2. The van der Waals surface area contributed by atoms with E-state index in [2.05, 4.69) is 29.0 Å². The first-order chi connectivity index (χ1) is 14.3. The van der Waals surface area contributed by atoms with Gasteiger partial charge in [-0.3, -0.25) is 0 Å². The highest BCUT2D eigenvalue weighted by Crippen LogP contribution is 2.31. The van der Waals surface area contributed by atoms with Crippen LogP contribution in [0.3, 0.4) is 0 Å². The molecule has 0 saturated carbocycles. The van der Waals surface area contributed by atoms with Crippen LogP contribution in [0.25, 0.3) is 22.8 Å². The number of hydrogen-bond donors (Lipinski definition) is 2. The molecule has 1 atom stereocenters. The Balaban J connectivity index is 1.87. The second-order valence-corrected chi connectivity index (χ2v) is 8.16. The third-order valence-electron chi connectivity index (χ3n) is 4.49. The van der Waals surface area contributed by atoms with Crippen LogP contribution in [-0.4, -0.2) is 44.7 Å². The molecule has 160 valence electrons. The summed E-state index contributed by atoms with van der Waals surface area (Å²) in [5.74, 6) is 1.94. The van der Waals surface area contributed by atoms with Crippen molar-refractivity contribution in [3.05, 3.63) is 46.2 Å². The minimum Gasteiger partial charge on any atom is -0.490 e. The third-order valence-corrected chi connectivity index (χ3v) is 4.68. The second-order valence-electron chi connectivity index (χ2n) is 7.78. The van der Waals surface area contributed by atoms with Gasteiger partial charge in [0.2, 0.25) is 5.82 Å². The quantitative estimate of drug-likeness (QED) is 0.519. The first-order valence-electron chi connectivity index (χ1n) is 9.80. The van der Waals surface area contributed by atoms with Crippen LogP contribution < -0.4 is 4.74 Å². The van der Waals surface area contributed by atoms with Gasteiger partial charge in [0.15, 0.2) is 0 Å². The molecule has 8 heteroatoms. The maximum absolute atomic E-state index is 9.51. The Hall–Kier alpha value is -2.48. The van der Waals surface area contributed by atoms with E-state index >= 15 is 0 Å². The molecule has 30 heavy (non-hydrogen) atoms. The molecule has 0 radical (unpaired) electrons. The van der Waals surface area contributed by atoms with Crippen molar-refractivity contribution in [2.45, 2.75) is 40.2 Å². The van der Waals surface area contributed by atoms with Crippen LogP contribution in [0.4, 0.5) is 0 Å². The molecule has 1 aromatic carbocycles. The number of aryl methyl sites for hydroxylation is 2. The maximum atomic E-state index is 9.51. The number of rotatable bonds is 8. The molecule has 0 aliphatic heterocycles. The van der Waals surface area contributed by atoms with E-state index in [1.807, 2.05) is 32.0 Å². The number of ether oxygens (including phenoxy) is 1. The summed E-state index contributed by atoms with van der Waals surface area (Å²) in [5.41, 5.74) is 4.14. The molecule has 0 aliphatic rings. The predicted molar refractivity (Wildman–Crippen MR) is 115 cm³/mol. The summed E-state index contributed by atoms with van der Waals surface area (Å²) in [4.78, 5) is 8.89. The van der Waals surface area contributed by atoms with Crippen LogP contribution in [0.2, 0.25) is 5.15 Å². The van der Waals surface area contributed by atoms with Gasteiger partial charge in [0.05, 0.1) is 6.61 Å². The Morgan fingerprint density at radius 1 is 1.07 bits per heavy atom. The van der Waals surface area contributed by atoms with Crippen LogP contribution in [0.15, 0.2) is 28.8 Å². The van der Waals surface area contributed by atoms with Crippen LogP contribution in [0.5, 0.6) is 5.75 Å². The molecule has 2 N–H and O–H groups in total. The van der Waals surface area contributed by atoms with E-state index in [1.165, 1.54) is 0 Å². The molecule has 0 fully saturated rings. The van der Waals surface area contributed by atoms with Crippen molar-refractivity contribution < 1.29 is 19.5 Å². The Bertz CT molecular complexity index is 996. The minimum absolute atomic E-state index is 0.0192. The molecule has 3 rings (SSSR count). The van der Waals surface area contributed by atoms with Crippen molar-refractivity contribution in [3.63, 3.8) is 0 Å². The normalized spacial score (nSPS) is 12.4. The second kappa shape index (κ2) is 9.55. The summed E-state index contributed by atoms with van der Waals surface area (Å²) in [5, 5.41) is 23.0. The molecule has 0 bridgehead atoms. The highest BCUT2D eigenvalue weighted by Gasteiger charge is 2.16. The largest absolute Gasteiger partial charge is 0.490 e. The Morgan fingerprint density at radius 3 is 2.40 bits per heavy atom. The Kier molecular flexibility index (Phi) is 7.07. The summed E-state index contributed by atoms with van der Waals surface area (Å²) in [6.07, 6.45) is -0.115. The molecule has 0 aliphatic carbocycles. The van der Waals surface area contributed by atoms with Gasteiger partial charge in [0.1, 0.15) is 23.6 Å². The Labute approximate surface area is 180 Å². The van der Waals surface area contributed by atoms with Crippen molar-refractivity contribution >= 4 is 11.6 Å². The van der Waals surface area contributed by atoms with Crippen LogP contribution in [-0.2, 0) is 6.42 Å². The fourth-order valence-corrected chi connectivity index (χ4v) is 3.42. The highest BCUT2D eigenvalue weighted by atomic mass is 35.5. The van der Waals surface area contributed by atoms with Gasteiger partial charge in [-0.15, -0.1) is 0 Å². The number of aromatic nitrogens is 3. The number of aliphatic hydroxyl groups excluding tert-OH is 2. The van der Waals surface area contributed by atoms with Gasteiger partial charge in [-0.25, -0.2) is 4.98 Å². The van der Waals surface area contributed by atoms with Crippen molar-refractivity contribution in [1.29, 1.82) is 0 Å². The number of benzene rings is 1. The summed E-state index contributed by atoms with van der Waals surface area (Å²) >= 11 is 6.18. The summed E-state index contributed by atoms with van der Waals surface area (Å²) in [6, 6.07) is 7.42. The minimum atomic E-state index is -0.920. The van der Waals surface area contributed by atoms with E-state index < -0.39 is 6.10 Å². The van der Waals surface area contributed by atoms with E-state index in [4.69, 9.17) is 26.0 Å². The zero-order valence-corrected chi connectivity index (χ0v) is 18.3. The lowest BCUT2D eigenvalue weighted by atomic mass is 10.0. The van der Waals surface area contributed by atoms with Crippen molar-refractivity contribution in [2.75, 3.05) is 13.2 Å². The first-order valence-corrected chi connectivity index (χ1v) is 10.2. The average Bonchev–Trinajstić information content (AvgIpc) is 3.16. The lowest BCUT2D eigenvalue weighted by molar-refractivity contribution is 0.0532. The summed E-state index contributed by atoms with van der Waals surface area (Å²) < 4.78 is 11.1. The molecule has 2 aromatic heterocycles. The van der Waals surface area contributed by atoms with Gasteiger partial charge in [-0.05, 0) is 61.6 Å². The van der Waals surface area contributed by atoms with E-state index in [9.17, 15) is 5.11 Å². The van der Waals surface area contributed by atoms with Gasteiger partial charge in [0.25, 0.3) is 5.89 Å². The fraction of sp³-hybridized carbons (Fsp3) is 0.409. The van der Waals surface area contributed by atoms with Crippen LogP contribution in [0.1, 0.15) is 30.7 Å². The molecule has 7 nitrogen and oxygen atoms in total. The monoisotopic (exact) mass is 431 g/mol. The molecule has 0 spiro atoms. The lowest BCUT2D eigenvalue weighted by Crippen LogP contribution is -2.21. The molecule has 0 unspecified atom stereocenters. The molecule has 0 saturated heterocycles. The van der Waals surface area contributed by atoms with Gasteiger partial charge in [0, 0.05) is 16.8 Å². The van der Waals surface area contributed by atoms with E-state index in [0.29, 0.717) is 28.5 Å². The van der Waals surface area contributed by atoms with Gasteiger partial charge in [-0.1, -0.05) is 30.6 Å². The molecule has 3 aromatic rings. The lowest BCUT2D eigenvalue weighted by Gasteiger charge is -2.15. The standard InChI is InChI=1S/C22H26ClN3O4/c1-12(2)5-17-8-16(9-19(23)24-17)22-25-21(26-30-22)15-6-13(3)20(14(4)7-15)29-11-18(28)10-27/h6-9,12,18,27-28H,5,10-11H2,1-4H3/t18-/m1/s1. The molecule has 2 heterocycles. The van der Waals surface area contributed by atoms with Crippen LogP contribution in [0, 0.1) is 19.8 Å². The van der Waals surface area contributed by atoms with E-state index in [-0.39, 0.29) is 13.2 Å². The number of halogens is 1. The zero-order valence-electron chi connectivity index (χ0n) is 17.5. The van der Waals surface area contributed by atoms with Crippen molar-refractivity contribution in [3.8, 4) is 28.6 Å². The van der Waals surface area contributed by atoms with Crippen LogP contribution >= 0.6 is 11.6 Å². The summed E-state index contributed by atoms with van der Waals surface area (Å²) in [6.45, 7) is 7.72. The van der Waals surface area contributed by atoms with Gasteiger partial charge in [-0.2, -0.15) is 4.98 Å². The SMILES string of the molecule is Cc1cc(-c2noc(-c3cc(Cl)nc(CC(C)C)c3)n2)cc(C)c1OC[C@H](O)CO. The fourth-order valence-electron chi connectivity index (χ4n) is 3.19. The number of hydrogen-bond acceptors (Lipinski definition) is 7. The van der Waals surface area contributed by atoms with E-state index in [0.717, 1.165) is 34.4 Å². The third kappa shape index (κ3) is 5.36. The predicted octanol–water partition coefficient (Wildman–Crippen LogP) is 4.00. The van der Waals surface area contributed by atoms with Crippen molar-refractivity contribution in [2.24, 2.45) is 5.92 Å². The maximum Gasteiger partial charge on any atom is 0.258 e. The van der Waals surface area contributed by atoms with Crippen molar-refractivity contribution in [1.82, 2.24) is 15.1 Å². The topological polar surface area (TPSA) is 102 Å². The number of nitrogens with zero attached hydrogens (tertiary/aromatic N) is 3. The highest BCUT2D eigenvalue weighted by molar-refractivity contribution is 6.29. The van der Waals surface area contributed by atoms with E-state index in [1.54, 1.807) is 6.07 Å². The smallest absolute Gasteiger partial charge is 0.258 e. The van der Waals surface area contributed by atoms with Gasteiger partial charge >= 0.3 is 0 Å². The number of pyridine rings is 1. The number of aliphatic hydroxyl groups is 2. The zero-order chi connectivity index (χ0) is 21.8. The molecular weight excluding hydrogens is 406 g/mol. The average molecular weight is 432 g/mol. The molecular formula is C22H26ClN3O4.